The van der Waals surface area contributed by atoms with Crippen molar-refractivity contribution in [2.75, 3.05) is 0 Å². The topological polar surface area (TPSA) is 46.6 Å². The summed E-state index contributed by atoms with van der Waals surface area (Å²) in [5.41, 5.74) is -1.41. The number of hydrogen-bond donors (Lipinski definition) is 0. The van der Waals surface area contributed by atoms with Crippen LogP contribution in [0.25, 0.3) is 0 Å². The van der Waals surface area contributed by atoms with Crippen LogP contribution in [0.1, 0.15) is 47.1 Å². The van der Waals surface area contributed by atoms with Gasteiger partial charge in [0, 0.05) is 5.41 Å². The van der Waals surface area contributed by atoms with Gasteiger partial charge >= 0.3 is 6.09 Å². The summed E-state index contributed by atoms with van der Waals surface area (Å²) in [5.74, 6) is -0.232. The van der Waals surface area contributed by atoms with Crippen LogP contribution in [0.15, 0.2) is 30.3 Å². The van der Waals surface area contributed by atoms with Crippen molar-refractivity contribution in [1.82, 2.24) is 4.90 Å². The van der Waals surface area contributed by atoms with E-state index in [-0.39, 0.29) is 5.91 Å². The maximum absolute atomic E-state index is 12.8. The van der Waals surface area contributed by atoms with Gasteiger partial charge in [-0.15, -0.1) is 0 Å². The molecule has 0 spiro atoms. The van der Waals surface area contributed by atoms with Gasteiger partial charge in [0.05, 0.1) is 0 Å². The molecule has 0 saturated carbocycles. The Labute approximate surface area is 126 Å². The average molecular weight is 289 g/mol. The highest BCUT2D eigenvalue weighted by Gasteiger charge is 2.61. The summed E-state index contributed by atoms with van der Waals surface area (Å²) in [5, 5.41) is 0. The number of cyclic esters (lactones) is 1. The van der Waals surface area contributed by atoms with Gasteiger partial charge < -0.3 is 4.74 Å². The summed E-state index contributed by atoms with van der Waals surface area (Å²) in [6.07, 6.45) is -0.578. The fourth-order valence-electron chi connectivity index (χ4n) is 2.68. The molecule has 21 heavy (non-hydrogen) atoms. The fourth-order valence-corrected chi connectivity index (χ4v) is 2.68. The largest absolute Gasteiger partial charge is 0.440 e. The molecule has 1 atom stereocenters. The molecule has 1 unspecified atom stereocenters. The molecule has 4 nitrogen and oxygen atoms in total. The zero-order valence-corrected chi connectivity index (χ0v) is 13.6. The Hall–Kier alpha value is -1.84. The van der Waals surface area contributed by atoms with Crippen LogP contribution >= 0.6 is 0 Å². The smallest absolute Gasteiger partial charge is 0.418 e. The lowest BCUT2D eigenvalue weighted by molar-refractivity contribution is -0.141. The second-order valence-corrected chi connectivity index (χ2v) is 7.21. The molecule has 0 aliphatic carbocycles. The minimum Gasteiger partial charge on any atom is -0.440 e. The average Bonchev–Trinajstić information content (AvgIpc) is 2.55. The Morgan fingerprint density at radius 2 is 1.62 bits per heavy atom. The Kier molecular flexibility index (Phi) is 3.39. The maximum Gasteiger partial charge on any atom is 0.418 e. The Morgan fingerprint density at radius 1 is 1.10 bits per heavy atom. The first-order valence-corrected chi connectivity index (χ1v) is 7.15. The molecule has 1 fully saturated rings. The van der Waals surface area contributed by atoms with Gasteiger partial charge in [-0.05, 0) is 26.3 Å². The Bertz CT molecular complexity index is 571. The number of hydrogen-bond acceptors (Lipinski definition) is 3. The molecule has 1 aromatic carbocycles. The minimum atomic E-state index is -0.838. The van der Waals surface area contributed by atoms with Gasteiger partial charge in [-0.25, -0.2) is 9.69 Å². The van der Waals surface area contributed by atoms with Crippen molar-refractivity contribution in [3.63, 3.8) is 0 Å². The van der Waals surface area contributed by atoms with Crippen molar-refractivity contribution in [2.24, 2.45) is 5.41 Å². The SMILES string of the molecule is CC(C)(C)C(=O)N1C(=O)OC(C)(C)C1(C)c1ccccc1. The second-order valence-electron chi connectivity index (χ2n) is 7.21. The van der Waals surface area contributed by atoms with Gasteiger partial charge in [-0.3, -0.25) is 4.79 Å². The normalized spacial score (nSPS) is 24.9. The number of carbonyl (C=O) groups excluding carboxylic acids is 2. The first-order valence-electron chi connectivity index (χ1n) is 7.15. The summed E-state index contributed by atoms with van der Waals surface area (Å²) in [7, 11) is 0. The quantitative estimate of drug-likeness (QED) is 0.792. The molecule has 1 aromatic rings. The van der Waals surface area contributed by atoms with E-state index in [4.69, 9.17) is 4.74 Å². The van der Waals surface area contributed by atoms with Gasteiger partial charge in [0.15, 0.2) is 0 Å². The van der Waals surface area contributed by atoms with Crippen molar-refractivity contribution in [3.05, 3.63) is 35.9 Å². The Balaban J connectivity index is 2.63. The lowest BCUT2D eigenvalue weighted by Gasteiger charge is -2.41. The van der Waals surface area contributed by atoms with Crippen molar-refractivity contribution in [1.29, 1.82) is 0 Å². The van der Waals surface area contributed by atoms with E-state index in [1.165, 1.54) is 4.90 Å². The number of benzene rings is 1. The standard InChI is InChI=1S/C17H23NO3/c1-15(2,3)13(19)18-14(20)21-16(4,5)17(18,6)12-10-8-7-9-11-12/h7-11H,1-6H3. The van der Waals surface area contributed by atoms with E-state index in [0.717, 1.165) is 5.56 Å². The number of rotatable bonds is 1. The molecule has 2 rings (SSSR count). The summed E-state index contributed by atoms with van der Waals surface area (Å²) >= 11 is 0. The molecule has 4 heteroatoms. The molecule has 1 aliphatic heterocycles. The zero-order valence-electron chi connectivity index (χ0n) is 13.6. The molecule has 0 radical (unpaired) electrons. The summed E-state index contributed by atoms with van der Waals surface area (Å²) in [6, 6.07) is 9.56. The maximum atomic E-state index is 12.8. The van der Waals surface area contributed by atoms with Crippen LogP contribution in [-0.4, -0.2) is 22.5 Å². The first-order chi connectivity index (χ1) is 9.52. The number of imide groups is 1. The molecular weight excluding hydrogens is 266 g/mol. The van der Waals surface area contributed by atoms with E-state index >= 15 is 0 Å². The summed E-state index contributed by atoms with van der Waals surface area (Å²) < 4.78 is 5.51. The van der Waals surface area contributed by atoms with E-state index in [9.17, 15) is 9.59 Å². The molecule has 114 valence electrons. The third-order valence-electron chi connectivity index (χ3n) is 4.33. The Morgan fingerprint density at radius 3 is 2.10 bits per heavy atom. The van der Waals surface area contributed by atoms with Crippen LogP contribution in [0, 0.1) is 5.41 Å². The molecule has 1 saturated heterocycles. The van der Waals surface area contributed by atoms with E-state index in [2.05, 4.69) is 0 Å². The van der Waals surface area contributed by atoms with Crippen molar-refractivity contribution in [3.8, 4) is 0 Å². The third-order valence-corrected chi connectivity index (χ3v) is 4.33. The lowest BCUT2D eigenvalue weighted by atomic mass is 9.76. The van der Waals surface area contributed by atoms with E-state index in [1.54, 1.807) is 20.8 Å². The number of amides is 2. The van der Waals surface area contributed by atoms with Crippen LogP contribution in [-0.2, 0) is 15.1 Å². The number of ether oxygens (including phenoxy) is 1. The highest BCUT2D eigenvalue weighted by atomic mass is 16.6. The number of carbonyl (C=O) groups is 2. The third kappa shape index (κ3) is 2.23. The molecule has 1 heterocycles. The highest BCUT2D eigenvalue weighted by molar-refractivity contribution is 5.97. The van der Waals surface area contributed by atoms with E-state index in [1.807, 2.05) is 51.1 Å². The molecule has 2 amide bonds. The predicted octanol–water partition coefficient (Wildman–Crippen LogP) is 3.71. The van der Waals surface area contributed by atoms with Crippen LogP contribution in [0.5, 0.6) is 0 Å². The second kappa shape index (κ2) is 4.58. The lowest BCUT2D eigenvalue weighted by Crippen LogP contribution is -2.55. The molecule has 1 aliphatic rings. The first kappa shape index (κ1) is 15.5. The molecule has 0 N–H and O–H groups in total. The van der Waals surface area contributed by atoms with Crippen LogP contribution in [0.4, 0.5) is 4.79 Å². The van der Waals surface area contributed by atoms with E-state index in [0.29, 0.717) is 0 Å². The van der Waals surface area contributed by atoms with Crippen LogP contribution in [0.2, 0.25) is 0 Å². The summed E-state index contributed by atoms with van der Waals surface area (Å²) in [4.78, 5) is 26.4. The van der Waals surface area contributed by atoms with Gasteiger partial charge in [0.1, 0.15) is 11.1 Å². The van der Waals surface area contributed by atoms with Crippen molar-refractivity contribution < 1.29 is 14.3 Å². The van der Waals surface area contributed by atoms with Crippen molar-refractivity contribution in [2.45, 2.75) is 52.7 Å². The predicted molar refractivity (Wildman–Crippen MR) is 80.7 cm³/mol. The molecule has 0 bridgehead atoms. The van der Waals surface area contributed by atoms with Crippen LogP contribution in [0.3, 0.4) is 0 Å². The van der Waals surface area contributed by atoms with Crippen molar-refractivity contribution >= 4 is 12.0 Å². The van der Waals surface area contributed by atoms with Crippen LogP contribution < -0.4 is 0 Å². The van der Waals surface area contributed by atoms with E-state index < -0.39 is 22.6 Å². The number of nitrogens with zero attached hydrogens (tertiary/aromatic N) is 1. The molecular formula is C17H23NO3. The monoisotopic (exact) mass is 289 g/mol. The highest BCUT2D eigenvalue weighted by Crippen LogP contribution is 2.47. The summed E-state index contributed by atoms with van der Waals surface area (Å²) in [6.45, 7) is 11.0. The molecule has 0 aromatic heterocycles. The zero-order chi connectivity index (χ0) is 16.1. The minimum absolute atomic E-state index is 0.232. The fraction of sp³-hybridized carbons (Fsp3) is 0.529. The van der Waals surface area contributed by atoms with Gasteiger partial charge in [0.25, 0.3) is 0 Å². The van der Waals surface area contributed by atoms with Gasteiger partial charge in [-0.2, -0.15) is 0 Å². The van der Waals surface area contributed by atoms with Gasteiger partial charge in [-0.1, -0.05) is 51.1 Å². The van der Waals surface area contributed by atoms with Gasteiger partial charge in [0.2, 0.25) is 5.91 Å².